The predicted octanol–water partition coefficient (Wildman–Crippen LogP) is 14.6. The Kier molecular flexibility index (Phi) is 9.48. The summed E-state index contributed by atoms with van der Waals surface area (Å²) in [6, 6.07) is 58.0. The molecule has 5 heteroatoms. The highest BCUT2D eigenvalue weighted by Crippen LogP contribution is 2.63. The number of nitriles is 1. The Hall–Kier alpha value is -6.51. The SMILES string of the molecule is CC(C)(C)c1ccc(N2c3ccc(C(C)(C)C)cc3B3c4ccccc4N(c4ccc(C(C)(C)C)cc4-c4ccccc4)c4cc(N5c6ccc(C#N)cc6C6(C)CCCC56C)cc2c43)cc1. The van der Waals surface area contributed by atoms with Gasteiger partial charge < -0.3 is 14.7 Å². The Morgan fingerprint density at radius 2 is 1.09 bits per heavy atom. The van der Waals surface area contributed by atoms with Gasteiger partial charge in [0, 0.05) is 50.8 Å². The standard InChI is InChI=1S/C62H63BN4/c1-58(2,3)42-23-27-45(28-24-42)65-54-31-26-44(60(7,8)9)36-50(54)63-49-20-15-16-21-53(49)66(51-30-25-43(59(4,5)6)35-47(51)41-18-13-12-14-19-41)56-38-46(37-55(65)57(56)63)67-52-29-22-40(39-64)34-48(52)61(10)32-17-33-62(61,67)11/h12-16,18-31,34-38H,17,32-33H2,1-11H3. The molecule has 4 aliphatic rings. The van der Waals surface area contributed by atoms with Gasteiger partial charge in [-0.25, -0.2) is 0 Å². The van der Waals surface area contributed by atoms with Crippen molar-refractivity contribution in [2.24, 2.45) is 0 Å². The monoisotopic (exact) mass is 875 g/mol. The van der Waals surface area contributed by atoms with E-state index >= 15 is 0 Å². The normalized spacial score (nSPS) is 19.4. The Bertz CT molecular complexity index is 3180. The zero-order valence-corrected chi connectivity index (χ0v) is 41.3. The minimum Gasteiger partial charge on any atom is -0.334 e. The first-order valence-electron chi connectivity index (χ1n) is 24.5. The smallest absolute Gasteiger partial charge is 0.252 e. The molecule has 4 nitrogen and oxygen atoms in total. The molecule has 3 aliphatic heterocycles. The molecule has 0 amide bonds. The quantitative estimate of drug-likeness (QED) is 0.165. The molecule has 334 valence electrons. The van der Waals surface area contributed by atoms with E-state index in [2.05, 4.69) is 236 Å². The molecule has 7 aromatic carbocycles. The first-order chi connectivity index (χ1) is 31.8. The third-order valence-corrected chi connectivity index (χ3v) is 16.2. The van der Waals surface area contributed by atoms with Crippen LogP contribution in [0.5, 0.6) is 0 Å². The molecule has 7 aromatic rings. The van der Waals surface area contributed by atoms with Crippen molar-refractivity contribution in [1.29, 1.82) is 5.26 Å². The highest BCUT2D eigenvalue weighted by Gasteiger charge is 2.60. The number of hydrogen-bond acceptors (Lipinski definition) is 4. The Morgan fingerprint density at radius 1 is 0.507 bits per heavy atom. The van der Waals surface area contributed by atoms with Gasteiger partial charge >= 0.3 is 0 Å². The zero-order chi connectivity index (χ0) is 47.0. The number of hydrogen-bond donors (Lipinski definition) is 0. The lowest BCUT2D eigenvalue weighted by molar-refractivity contribution is 0.330. The van der Waals surface area contributed by atoms with E-state index in [1.807, 2.05) is 6.07 Å². The summed E-state index contributed by atoms with van der Waals surface area (Å²) in [6.45, 7) is 25.8. The van der Waals surface area contributed by atoms with Crippen LogP contribution in [0.15, 0.2) is 146 Å². The predicted molar refractivity (Wildman–Crippen MR) is 285 cm³/mol. The van der Waals surface area contributed by atoms with E-state index in [9.17, 15) is 5.26 Å². The molecule has 0 spiro atoms. The van der Waals surface area contributed by atoms with Crippen LogP contribution in [-0.2, 0) is 21.7 Å². The second kappa shape index (κ2) is 14.7. The maximum atomic E-state index is 10.2. The van der Waals surface area contributed by atoms with Crippen molar-refractivity contribution in [3.05, 3.63) is 173 Å². The molecule has 0 aromatic heterocycles. The maximum Gasteiger partial charge on any atom is 0.252 e. The molecule has 1 fully saturated rings. The molecule has 0 bridgehead atoms. The van der Waals surface area contributed by atoms with E-state index in [0.29, 0.717) is 0 Å². The lowest BCUT2D eigenvalue weighted by Gasteiger charge is -2.47. The van der Waals surface area contributed by atoms with E-state index in [-0.39, 0.29) is 33.9 Å². The summed E-state index contributed by atoms with van der Waals surface area (Å²) >= 11 is 0. The van der Waals surface area contributed by atoms with Crippen LogP contribution in [0.2, 0.25) is 0 Å². The number of fused-ring (bicyclic) bond motifs is 7. The van der Waals surface area contributed by atoms with Crippen LogP contribution >= 0.6 is 0 Å². The molecule has 3 heterocycles. The summed E-state index contributed by atoms with van der Waals surface area (Å²) in [7, 11) is 0. The molecular formula is C62H63BN4. The minimum absolute atomic E-state index is 0.0145. The molecule has 0 saturated heterocycles. The average molecular weight is 875 g/mol. The fourth-order valence-electron chi connectivity index (χ4n) is 12.3. The first kappa shape index (κ1) is 43.1. The molecule has 11 rings (SSSR count). The second-order valence-corrected chi connectivity index (χ2v) is 23.4. The van der Waals surface area contributed by atoms with Crippen molar-refractivity contribution in [3.63, 3.8) is 0 Å². The average Bonchev–Trinajstić information content (AvgIpc) is 3.71. The summed E-state index contributed by atoms with van der Waals surface area (Å²) in [6.07, 6.45) is 3.28. The van der Waals surface area contributed by atoms with Gasteiger partial charge in [0.25, 0.3) is 6.71 Å². The molecule has 1 saturated carbocycles. The molecule has 0 N–H and O–H groups in total. The second-order valence-electron chi connectivity index (χ2n) is 23.4. The minimum atomic E-state index is -0.210. The largest absolute Gasteiger partial charge is 0.334 e. The van der Waals surface area contributed by atoms with Crippen LogP contribution in [-0.4, -0.2) is 12.3 Å². The van der Waals surface area contributed by atoms with Crippen molar-refractivity contribution < 1.29 is 0 Å². The summed E-state index contributed by atoms with van der Waals surface area (Å²) in [4.78, 5) is 7.86. The van der Waals surface area contributed by atoms with E-state index in [1.54, 1.807) is 0 Å². The molecule has 2 unspecified atom stereocenters. The third-order valence-electron chi connectivity index (χ3n) is 16.2. The topological polar surface area (TPSA) is 33.5 Å². The van der Waals surface area contributed by atoms with Crippen molar-refractivity contribution in [1.82, 2.24) is 0 Å². The summed E-state index contributed by atoms with van der Waals surface area (Å²) in [5, 5.41) is 10.2. The van der Waals surface area contributed by atoms with Gasteiger partial charge in [0.15, 0.2) is 0 Å². The van der Waals surface area contributed by atoms with Gasteiger partial charge in [-0.2, -0.15) is 5.26 Å². The van der Waals surface area contributed by atoms with Crippen LogP contribution in [0.3, 0.4) is 0 Å². The van der Waals surface area contributed by atoms with Crippen LogP contribution in [0, 0.1) is 11.3 Å². The number of nitrogens with zero attached hydrogens (tertiary/aromatic N) is 4. The highest BCUT2D eigenvalue weighted by atomic mass is 15.3. The molecule has 1 aliphatic carbocycles. The van der Waals surface area contributed by atoms with Gasteiger partial charge in [-0.3, -0.25) is 0 Å². The van der Waals surface area contributed by atoms with Gasteiger partial charge in [-0.05, 0) is 147 Å². The molecular weight excluding hydrogens is 812 g/mol. The van der Waals surface area contributed by atoms with Crippen molar-refractivity contribution in [2.45, 2.75) is 123 Å². The van der Waals surface area contributed by atoms with Crippen molar-refractivity contribution in [3.8, 4) is 17.2 Å². The lowest BCUT2D eigenvalue weighted by Crippen LogP contribution is -2.61. The van der Waals surface area contributed by atoms with E-state index in [0.717, 1.165) is 36.2 Å². The van der Waals surface area contributed by atoms with Gasteiger partial charge in [-0.15, -0.1) is 0 Å². The van der Waals surface area contributed by atoms with E-state index < -0.39 is 0 Å². The van der Waals surface area contributed by atoms with Crippen LogP contribution in [0.1, 0.15) is 123 Å². The van der Waals surface area contributed by atoms with Crippen LogP contribution < -0.4 is 31.1 Å². The van der Waals surface area contributed by atoms with Crippen LogP contribution in [0.4, 0.5) is 45.5 Å². The van der Waals surface area contributed by atoms with Crippen LogP contribution in [0.25, 0.3) is 11.1 Å². The Balaban J connectivity index is 1.27. The number of para-hydroxylation sites is 1. The Morgan fingerprint density at radius 3 is 1.76 bits per heavy atom. The van der Waals surface area contributed by atoms with E-state index in [4.69, 9.17) is 0 Å². The number of benzene rings is 7. The van der Waals surface area contributed by atoms with Gasteiger partial charge in [0.05, 0.1) is 22.9 Å². The fraction of sp³-hybridized carbons (Fsp3) is 0.306. The maximum absolute atomic E-state index is 10.2. The number of rotatable bonds is 4. The van der Waals surface area contributed by atoms with Gasteiger partial charge in [0.1, 0.15) is 0 Å². The molecule has 0 radical (unpaired) electrons. The summed E-state index contributed by atoms with van der Waals surface area (Å²) < 4.78 is 0. The summed E-state index contributed by atoms with van der Waals surface area (Å²) in [5.41, 5.74) is 21.5. The molecule has 2 atom stereocenters. The third kappa shape index (κ3) is 6.46. The van der Waals surface area contributed by atoms with Crippen molar-refractivity contribution >= 4 is 68.6 Å². The number of anilines is 8. The highest BCUT2D eigenvalue weighted by molar-refractivity contribution is 7.00. The fourth-order valence-corrected chi connectivity index (χ4v) is 12.3. The zero-order valence-electron chi connectivity index (χ0n) is 41.3. The Labute approximate surface area is 400 Å². The van der Waals surface area contributed by atoms with Gasteiger partial charge in [0.2, 0.25) is 0 Å². The van der Waals surface area contributed by atoms with Crippen molar-refractivity contribution in [2.75, 3.05) is 14.7 Å². The lowest BCUT2D eigenvalue weighted by atomic mass is 9.33. The van der Waals surface area contributed by atoms with Gasteiger partial charge in [-0.1, -0.05) is 155 Å². The summed E-state index contributed by atoms with van der Waals surface area (Å²) in [5.74, 6) is 0. The molecule has 67 heavy (non-hydrogen) atoms. The van der Waals surface area contributed by atoms with E-state index in [1.165, 1.54) is 83.9 Å². The first-order valence-corrected chi connectivity index (χ1v) is 24.5.